The molecule has 0 atom stereocenters. The number of nitrogens with zero attached hydrogens (tertiary/aromatic N) is 5. The normalized spacial score (nSPS) is 11.3. The van der Waals surface area contributed by atoms with Gasteiger partial charge in [0, 0.05) is 55.6 Å². The number of hydrogen-bond acceptors (Lipinski definition) is 9. The average molecular weight is 558 g/mol. The Hall–Kier alpha value is -4.02. The van der Waals surface area contributed by atoms with Gasteiger partial charge in [0.05, 0.1) is 35.7 Å². The number of likely N-dealkylation sites (N-methyl/N-ethyl adjacent to an activating group) is 1. The number of hydrogen-bond donors (Lipinski definition) is 2. The van der Waals surface area contributed by atoms with E-state index in [4.69, 9.17) is 9.47 Å². The van der Waals surface area contributed by atoms with E-state index < -0.39 is 0 Å². The van der Waals surface area contributed by atoms with Gasteiger partial charge >= 0.3 is 0 Å². The lowest BCUT2D eigenvalue weighted by Crippen LogP contribution is -2.27. The van der Waals surface area contributed by atoms with Crippen LogP contribution in [0.4, 0.5) is 17.2 Å². The number of thioether (sulfide) groups is 1. The third-order valence-electron chi connectivity index (χ3n) is 6.81. The van der Waals surface area contributed by atoms with Gasteiger partial charge in [0.2, 0.25) is 0 Å². The molecule has 0 saturated heterocycles. The van der Waals surface area contributed by atoms with Crippen LogP contribution < -0.4 is 20.1 Å². The second-order valence-corrected chi connectivity index (χ2v) is 10.7. The molecule has 0 radical (unpaired) electrons. The quantitative estimate of drug-likeness (QED) is 0.190. The van der Waals surface area contributed by atoms with Crippen LogP contribution in [-0.4, -0.2) is 70.2 Å². The summed E-state index contributed by atoms with van der Waals surface area (Å²) in [4.78, 5) is 15.8. The predicted octanol–water partition coefficient (Wildman–Crippen LogP) is 6.08. The van der Waals surface area contributed by atoms with Crippen molar-refractivity contribution in [3.8, 4) is 17.2 Å². The lowest BCUT2D eigenvalue weighted by atomic mass is 10.1. The van der Waals surface area contributed by atoms with Crippen LogP contribution >= 0.6 is 11.8 Å². The van der Waals surface area contributed by atoms with Gasteiger partial charge < -0.3 is 29.6 Å². The molecule has 0 amide bonds. The second-order valence-electron chi connectivity index (χ2n) is 9.73. The number of imidazole rings is 1. The molecule has 5 rings (SSSR count). The van der Waals surface area contributed by atoms with Gasteiger partial charge in [-0.15, -0.1) is 0 Å². The van der Waals surface area contributed by atoms with Crippen LogP contribution in [0.3, 0.4) is 0 Å². The molecule has 0 unspecified atom stereocenters. The first-order chi connectivity index (χ1) is 19.4. The molecule has 208 valence electrons. The molecule has 10 heteroatoms. The predicted molar refractivity (Wildman–Crippen MR) is 166 cm³/mol. The van der Waals surface area contributed by atoms with Gasteiger partial charge in [-0.2, -0.15) is 11.8 Å². The highest BCUT2D eigenvalue weighted by Crippen LogP contribution is 2.34. The Morgan fingerprint density at radius 2 is 1.85 bits per heavy atom. The van der Waals surface area contributed by atoms with Crippen LogP contribution in [-0.2, 0) is 7.05 Å². The fourth-order valence-corrected chi connectivity index (χ4v) is 5.01. The fraction of sp³-hybridized carbons (Fsp3) is 0.300. The summed E-state index contributed by atoms with van der Waals surface area (Å²) in [6.07, 6.45) is 5.50. The molecule has 2 heterocycles. The van der Waals surface area contributed by atoms with E-state index in [0.717, 1.165) is 87.3 Å². The molecule has 0 aliphatic carbocycles. The Kier molecular flexibility index (Phi) is 8.57. The van der Waals surface area contributed by atoms with Crippen LogP contribution in [0.15, 0.2) is 61.2 Å². The SMILES string of the molecule is COc1cc2ncnc(Nc3ccc(Oc4ccc5c(c4)ncn5C)c(C)c3)c2cc1NCCN(C)CCSC. The summed E-state index contributed by atoms with van der Waals surface area (Å²) in [5.74, 6) is 4.13. The summed E-state index contributed by atoms with van der Waals surface area (Å²) >= 11 is 1.86. The summed E-state index contributed by atoms with van der Waals surface area (Å²) < 4.78 is 13.8. The maximum atomic E-state index is 6.19. The molecule has 2 aromatic heterocycles. The molecule has 5 aromatic rings. The standard InChI is InChI=1S/C30H35N7O2S/c1-20-14-21(6-9-28(20)39-22-7-8-27-25(15-22)34-19-37(27)3)35-30-23-16-26(31-10-11-36(2)12-13-40-5)29(38-4)17-24(23)32-18-33-30/h6-9,14-19,31H,10-13H2,1-5H3,(H,32,33,35). The summed E-state index contributed by atoms with van der Waals surface area (Å²) in [6.45, 7) is 4.82. The summed E-state index contributed by atoms with van der Waals surface area (Å²) in [7, 11) is 5.80. The van der Waals surface area contributed by atoms with Crippen molar-refractivity contribution in [3.05, 3.63) is 66.7 Å². The lowest BCUT2D eigenvalue weighted by Gasteiger charge is -2.18. The molecule has 3 aromatic carbocycles. The monoisotopic (exact) mass is 557 g/mol. The fourth-order valence-electron chi connectivity index (χ4n) is 4.52. The first-order valence-electron chi connectivity index (χ1n) is 13.2. The van der Waals surface area contributed by atoms with Crippen molar-refractivity contribution in [2.24, 2.45) is 7.05 Å². The number of methoxy groups -OCH3 is 1. The average Bonchev–Trinajstić information content (AvgIpc) is 3.33. The molecular weight excluding hydrogens is 522 g/mol. The zero-order valence-corrected chi connectivity index (χ0v) is 24.4. The number of fused-ring (bicyclic) bond motifs is 2. The smallest absolute Gasteiger partial charge is 0.144 e. The van der Waals surface area contributed by atoms with Gasteiger partial charge in [0.25, 0.3) is 0 Å². The van der Waals surface area contributed by atoms with Gasteiger partial charge in [0.15, 0.2) is 0 Å². The maximum absolute atomic E-state index is 6.19. The van der Waals surface area contributed by atoms with Crippen molar-refractivity contribution in [1.82, 2.24) is 24.4 Å². The number of anilines is 3. The summed E-state index contributed by atoms with van der Waals surface area (Å²) in [5, 5.41) is 7.90. The molecule has 0 fully saturated rings. The number of rotatable bonds is 12. The van der Waals surface area contributed by atoms with Gasteiger partial charge in [-0.05, 0) is 62.2 Å². The van der Waals surface area contributed by atoms with E-state index in [1.807, 2.05) is 66.7 Å². The summed E-state index contributed by atoms with van der Waals surface area (Å²) in [6, 6.07) is 15.9. The highest BCUT2D eigenvalue weighted by Gasteiger charge is 2.12. The third-order valence-corrected chi connectivity index (χ3v) is 7.40. The maximum Gasteiger partial charge on any atom is 0.144 e. The Morgan fingerprint density at radius 1 is 0.975 bits per heavy atom. The zero-order valence-electron chi connectivity index (χ0n) is 23.6. The molecule has 0 aliphatic heterocycles. The molecule has 2 N–H and O–H groups in total. The van der Waals surface area contributed by atoms with Gasteiger partial charge in [-0.3, -0.25) is 0 Å². The van der Waals surface area contributed by atoms with Crippen molar-refractivity contribution in [1.29, 1.82) is 0 Å². The minimum Gasteiger partial charge on any atom is -0.495 e. The van der Waals surface area contributed by atoms with E-state index in [9.17, 15) is 0 Å². The first-order valence-corrected chi connectivity index (χ1v) is 14.5. The number of ether oxygens (including phenoxy) is 2. The number of nitrogens with one attached hydrogen (secondary N) is 2. The lowest BCUT2D eigenvalue weighted by molar-refractivity contribution is 0.369. The molecule has 0 bridgehead atoms. The summed E-state index contributed by atoms with van der Waals surface area (Å²) in [5.41, 5.74) is 5.59. The number of benzene rings is 3. The Labute approximate surface area is 238 Å². The number of aromatic nitrogens is 4. The van der Waals surface area contributed by atoms with Crippen LogP contribution in [0.5, 0.6) is 17.2 Å². The van der Waals surface area contributed by atoms with Gasteiger partial charge in [-0.1, -0.05) is 0 Å². The molecule has 0 saturated carbocycles. The van der Waals surface area contributed by atoms with E-state index in [-0.39, 0.29) is 0 Å². The topological polar surface area (TPSA) is 89.4 Å². The Morgan fingerprint density at radius 3 is 2.65 bits per heavy atom. The Bertz CT molecular complexity index is 1620. The van der Waals surface area contributed by atoms with Crippen LogP contribution in [0.1, 0.15) is 5.56 Å². The highest BCUT2D eigenvalue weighted by atomic mass is 32.2. The van der Waals surface area contributed by atoms with Crippen molar-refractivity contribution in [2.75, 3.05) is 56.4 Å². The molecular formula is C30H35N7O2S. The van der Waals surface area contributed by atoms with Crippen LogP contribution in [0.25, 0.3) is 21.9 Å². The highest BCUT2D eigenvalue weighted by molar-refractivity contribution is 7.98. The molecule has 40 heavy (non-hydrogen) atoms. The first kappa shape index (κ1) is 27.5. The van der Waals surface area contributed by atoms with Crippen molar-refractivity contribution in [2.45, 2.75) is 6.92 Å². The third kappa shape index (κ3) is 6.24. The van der Waals surface area contributed by atoms with E-state index >= 15 is 0 Å². The molecule has 0 aliphatic rings. The largest absolute Gasteiger partial charge is 0.495 e. The minimum absolute atomic E-state index is 0.724. The van der Waals surface area contributed by atoms with E-state index in [0.29, 0.717) is 0 Å². The van der Waals surface area contributed by atoms with Gasteiger partial charge in [0.1, 0.15) is 29.4 Å². The Balaban J connectivity index is 1.33. The van der Waals surface area contributed by atoms with E-state index in [2.05, 4.69) is 55.9 Å². The van der Waals surface area contributed by atoms with Crippen LogP contribution in [0, 0.1) is 6.92 Å². The van der Waals surface area contributed by atoms with Gasteiger partial charge in [-0.25, -0.2) is 15.0 Å². The van der Waals surface area contributed by atoms with Crippen molar-refractivity contribution < 1.29 is 9.47 Å². The number of aryl methyl sites for hydroxylation is 2. The second kappa shape index (κ2) is 12.4. The van der Waals surface area contributed by atoms with E-state index in [1.54, 1.807) is 19.8 Å². The van der Waals surface area contributed by atoms with Crippen molar-refractivity contribution >= 4 is 50.9 Å². The van der Waals surface area contributed by atoms with E-state index in [1.165, 1.54) is 0 Å². The molecule has 0 spiro atoms. The van der Waals surface area contributed by atoms with Crippen LogP contribution in [0.2, 0.25) is 0 Å². The minimum atomic E-state index is 0.724. The van der Waals surface area contributed by atoms with Crippen molar-refractivity contribution in [3.63, 3.8) is 0 Å². The molecule has 9 nitrogen and oxygen atoms in total. The zero-order chi connectivity index (χ0) is 28.1.